The van der Waals surface area contributed by atoms with Crippen molar-refractivity contribution in [3.8, 4) is 0 Å². The molecule has 0 aliphatic heterocycles. The first-order valence-electron chi connectivity index (χ1n) is 1.77. The lowest BCUT2D eigenvalue weighted by Crippen LogP contribution is -1.81. The smallest absolute Gasteiger partial charge is 0.199 e. The second kappa shape index (κ2) is 4.25. The monoisotopic (exact) mass is 120 g/mol. The van der Waals surface area contributed by atoms with Gasteiger partial charge in [-0.05, 0) is 0 Å². The number of hydrogen-bond donors (Lipinski definition) is 0. The summed E-state index contributed by atoms with van der Waals surface area (Å²) in [6, 6.07) is 0. The van der Waals surface area contributed by atoms with Gasteiger partial charge in [0.15, 0.2) is 0 Å². The molecule has 39 valence electrons. The van der Waals surface area contributed by atoms with E-state index in [2.05, 4.69) is 8.96 Å². The molecule has 0 heterocycles. The summed E-state index contributed by atoms with van der Waals surface area (Å²) in [5.41, 5.74) is 0. The molecule has 0 aliphatic rings. The second-order valence-electron chi connectivity index (χ2n) is 0.747. The fourth-order valence-corrected chi connectivity index (χ4v) is 0.387. The van der Waals surface area contributed by atoms with Gasteiger partial charge in [-0.3, -0.25) is 0 Å². The summed E-state index contributed by atoms with van der Waals surface area (Å²) in [4.78, 5) is 0. The largest absolute Gasteiger partial charge is 0.679 e. The van der Waals surface area contributed by atoms with Gasteiger partial charge in [0, 0.05) is 4.57 Å². The van der Waals surface area contributed by atoms with Crippen LogP contribution in [0.5, 0.6) is 0 Å². The molecule has 0 spiro atoms. The van der Waals surface area contributed by atoms with E-state index in [0.717, 1.165) is 0 Å². The molecule has 0 aliphatic carbocycles. The Bertz CT molecular complexity index is 66.0. The Labute approximate surface area is 44.2 Å². The summed E-state index contributed by atoms with van der Waals surface area (Å²) in [5.74, 6) is 0. The maximum Gasteiger partial charge on any atom is 0.679 e. The SMILES string of the molecule is C[B]O[P+](=O)OC. The van der Waals surface area contributed by atoms with E-state index in [1.165, 1.54) is 14.6 Å². The predicted molar refractivity (Wildman–Crippen MR) is 27.3 cm³/mol. The van der Waals surface area contributed by atoms with Crippen LogP contribution in [0.15, 0.2) is 0 Å². The van der Waals surface area contributed by atoms with Crippen LogP contribution >= 0.6 is 8.25 Å². The molecule has 0 aromatic carbocycles. The highest BCUT2D eigenvalue weighted by molar-refractivity contribution is 7.34. The molecule has 3 nitrogen and oxygen atoms in total. The maximum absolute atomic E-state index is 10.1. The van der Waals surface area contributed by atoms with Gasteiger partial charge in [-0.2, -0.15) is 4.44 Å². The van der Waals surface area contributed by atoms with Gasteiger partial charge in [0.05, 0.1) is 7.11 Å². The molecule has 0 aromatic rings. The van der Waals surface area contributed by atoms with Crippen LogP contribution < -0.4 is 0 Å². The Balaban J connectivity index is 3.00. The molecule has 0 N–H and O–H groups in total. The van der Waals surface area contributed by atoms with Crippen molar-refractivity contribution in [3.63, 3.8) is 0 Å². The minimum atomic E-state index is -1.88. The van der Waals surface area contributed by atoms with Crippen molar-refractivity contribution in [2.45, 2.75) is 6.82 Å². The Hall–Kier alpha value is 0.0849. The van der Waals surface area contributed by atoms with Crippen molar-refractivity contribution in [1.82, 2.24) is 0 Å². The third-order valence-electron chi connectivity index (χ3n) is 0.341. The van der Waals surface area contributed by atoms with Crippen LogP contribution in [-0.2, 0) is 13.5 Å². The van der Waals surface area contributed by atoms with Gasteiger partial charge >= 0.3 is 15.7 Å². The van der Waals surface area contributed by atoms with Crippen LogP contribution in [-0.4, -0.2) is 14.6 Å². The average molecular weight is 120 g/mol. The topological polar surface area (TPSA) is 35.5 Å². The first kappa shape index (κ1) is 7.08. The fourth-order valence-electron chi connectivity index (χ4n) is 0.129. The van der Waals surface area contributed by atoms with E-state index in [4.69, 9.17) is 0 Å². The van der Waals surface area contributed by atoms with Gasteiger partial charge in [0.1, 0.15) is 0 Å². The molecule has 1 atom stereocenters. The van der Waals surface area contributed by atoms with Gasteiger partial charge in [-0.15, -0.1) is 4.52 Å². The molecule has 7 heavy (non-hydrogen) atoms. The van der Waals surface area contributed by atoms with E-state index in [-0.39, 0.29) is 0 Å². The highest BCUT2D eigenvalue weighted by Gasteiger charge is 2.13. The lowest BCUT2D eigenvalue weighted by molar-refractivity contribution is 0.355. The summed E-state index contributed by atoms with van der Waals surface area (Å²) < 4.78 is 18.7. The van der Waals surface area contributed by atoms with Crippen LogP contribution in [0.3, 0.4) is 0 Å². The Morgan fingerprint density at radius 3 is 2.43 bits per heavy atom. The molecule has 0 fully saturated rings. The van der Waals surface area contributed by atoms with Crippen LogP contribution in [0.1, 0.15) is 0 Å². The maximum atomic E-state index is 10.1. The van der Waals surface area contributed by atoms with E-state index < -0.39 is 8.25 Å². The molecule has 1 radical (unpaired) electrons. The van der Waals surface area contributed by atoms with Crippen LogP contribution in [0.4, 0.5) is 0 Å². The zero-order valence-electron chi connectivity index (χ0n) is 4.25. The normalized spacial score (nSPS) is 10.9. The van der Waals surface area contributed by atoms with Crippen LogP contribution in [0.25, 0.3) is 0 Å². The highest BCUT2D eigenvalue weighted by Crippen LogP contribution is 2.19. The Kier molecular flexibility index (Phi) is 4.30. The Morgan fingerprint density at radius 1 is 1.71 bits per heavy atom. The first-order valence-corrected chi connectivity index (χ1v) is 2.86. The standard InChI is InChI=1S/C2H6BO3P/c1-3-6-7(4)5-2/h1-2H3/q+1. The zero-order chi connectivity index (χ0) is 5.70. The van der Waals surface area contributed by atoms with Gasteiger partial charge in [-0.1, -0.05) is 6.82 Å². The first-order chi connectivity index (χ1) is 3.31. The summed E-state index contributed by atoms with van der Waals surface area (Å²) in [6.45, 7) is 1.63. The molecule has 0 rings (SSSR count). The summed E-state index contributed by atoms with van der Waals surface area (Å²) in [5, 5.41) is 0. The average Bonchev–Trinajstić information content (AvgIpc) is 1.68. The zero-order valence-corrected chi connectivity index (χ0v) is 5.14. The summed E-state index contributed by atoms with van der Waals surface area (Å²) in [7, 11) is 0.759. The van der Waals surface area contributed by atoms with Gasteiger partial charge in [0.2, 0.25) is 0 Å². The molecule has 5 heteroatoms. The molecule has 0 aromatic heterocycles. The van der Waals surface area contributed by atoms with Crippen molar-refractivity contribution in [1.29, 1.82) is 0 Å². The molecule has 0 saturated heterocycles. The van der Waals surface area contributed by atoms with Crippen molar-refractivity contribution in [2.75, 3.05) is 7.11 Å². The summed E-state index contributed by atoms with van der Waals surface area (Å²) >= 11 is 0. The van der Waals surface area contributed by atoms with E-state index in [9.17, 15) is 4.57 Å². The quantitative estimate of drug-likeness (QED) is 0.411. The third kappa shape index (κ3) is 3.93. The van der Waals surface area contributed by atoms with E-state index >= 15 is 0 Å². The van der Waals surface area contributed by atoms with E-state index in [0.29, 0.717) is 0 Å². The molecular weight excluding hydrogens is 114 g/mol. The minimum Gasteiger partial charge on any atom is -0.199 e. The Morgan fingerprint density at radius 2 is 2.29 bits per heavy atom. The van der Waals surface area contributed by atoms with Crippen LogP contribution in [0.2, 0.25) is 6.82 Å². The number of rotatable bonds is 3. The van der Waals surface area contributed by atoms with Crippen molar-refractivity contribution >= 4 is 15.7 Å². The lowest BCUT2D eigenvalue weighted by Gasteiger charge is -1.72. The second-order valence-corrected chi connectivity index (χ2v) is 1.77. The van der Waals surface area contributed by atoms with Gasteiger partial charge in [0.25, 0.3) is 0 Å². The van der Waals surface area contributed by atoms with Gasteiger partial charge in [-0.25, -0.2) is 0 Å². The number of hydrogen-bond acceptors (Lipinski definition) is 3. The van der Waals surface area contributed by atoms with E-state index in [1.54, 1.807) is 6.82 Å². The van der Waals surface area contributed by atoms with Crippen molar-refractivity contribution in [2.24, 2.45) is 0 Å². The van der Waals surface area contributed by atoms with Crippen LogP contribution in [0, 0.1) is 0 Å². The molecule has 0 saturated carbocycles. The molecule has 0 amide bonds. The molecular formula is C2H6BO3P+. The molecule has 0 bridgehead atoms. The van der Waals surface area contributed by atoms with Gasteiger partial charge < -0.3 is 0 Å². The predicted octanol–water partition coefficient (Wildman–Crippen LogP) is 0.974. The lowest BCUT2D eigenvalue weighted by atomic mass is 10.1. The molecule has 1 unspecified atom stereocenters. The fraction of sp³-hybridized carbons (Fsp3) is 1.00. The third-order valence-corrected chi connectivity index (χ3v) is 1.02. The van der Waals surface area contributed by atoms with Crippen molar-refractivity contribution < 1.29 is 13.5 Å². The van der Waals surface area contributed by atoms with E-state index in [1.807, 2.05) is 0 Å². The highest BCUT2D eigenvalue weighted by atomic mass is 31.1. The summed E-state index contributed by atoms with van der Waals surface area (Å²) in [6.07, 6.45) is 0. The minimum absolute atomic E-state index is 1.32. The van der Waals surface area contributed by atoms with Crippen molar-refractivity contribution in [3.05, 3.63) is 0 Å².